The minimum absolute atomic E-state index is 0.00343. The van der Waals surface area contributed by atoms with Crippen LogP contribution in [0.5, 0.6) is 0 Å². The summed E-state index contributed by atoms with van der Waals surface area (Å²) in [6.07, 6.45) is 70.8. The fourth-order valence-electron chi connectivity index (χ4n) is 7.92. The van der Waals surface area contributed by atoms with Gasteiger partial charge in [0, 0.05) is 6.42 Å². The second-order valence-electron chi connectivity index (χ2n) is 20.3. The Morgan fingerprint density at radius 1 is 0.522 bits per heavy atom. The van der Waals surface area contributed by atoms with E-state index < -0.39 is 20.0 Å². The second kappa shape index (κ2) is 50.6. The first-order valence-corrected chi connectivity index (χ1v) is 29.9. The molecule has 1 amide bonds. The number of carbonyl (C=O) groups excluding carboxylic acids is 1. The molecule has 0 aliphatic carbocycles. The van der Waals surface area contributed by atoms with Crippen molar-refractivity contribution in [1.82, 2.24) is 5.32 Å². The zero-order valence-electron chi connectivity index (χ0n) is 45.5. The van der Waals surface area contributed by atoms with Crippen LogP contribution in [0.2, 0.25) is 0 Å². The molecule has 0 bridgehead atoms. The number of aliphatic hydroxyl groups excluding tert-OH is 1. The molecule has 0 aliphatic heterocycles. The molecule has 0 aromatic rings. The number of amides is 1. The summed E-state index contributed by atoms with van der Waals surface area (Å²) in [6, 6.07) is -0.890. The summed E-state index contributed by atoms with van der Waals surface area (Å²) in [7, 11) is 1.26. The van der Waals surface area contributed by atoms with Crippen molar-refractivity contribution in [2.75, 3.05) is 40.9 Å². The van der Waals surface area contributed by atoms with E-state index in [0.717, 1.165) is 77.0 Å². The van der Waals surface area contributed by atoms with Crippen LogP contribution in [0.4, 0.5) is 0 Å². The SMILES string of the molecule is CC/C=C\C/C=C\C/C=C\C/C=C\C/C=C\C/C=C\CCCCCCCCCCCCCCCCC(=O)NC(COP(=O)([O-])OCC[N+](C)(C)C)C(O)/C=C/CCCCCCCCCCCCCC. The Labute approximate surface area is 426 Å². The van der Waals surface area contributed by atoms with Crippen molar-refractivity contribution in [2.24, 2.45) is 0 Å². The van der Waals surface area contributed by atoms with Gasteiger partial charge in [-0.3, -0.25) is 9.36 Å². The zero-order valence-corrected chi connectivity index (χ0v) is 46.4. The Kier molecular flexibility index (Phi) is 48.9. The molecular weight excluding hydrogens is 876 g/mol. The molecule has 3 unspecified atom stereocenters. The number of aliphatic hydroxyl groups is 1. The highest BCUT2D eigenvalue weighted by Crippen LogP contribution is 2.38. The van der Waals surface area contributed by atoms with Crippen LogP contribution in [0.15, 0.2) is 85.1 Å². The zero-order chi connectivity index (χ0) is 50.6. The van der Waals surface area contributed by atoms with E-state index in [9.17, 15) is 19.4 Å². The molecule has 0 saturated heterocycles. The van der Waals surface area contributed by atoms with Crippen LogP contribution in [-0.2, 0) is 18.4 Å². The molecule has 0 spiro atoms. The molecule has 0 aromatic heterocycles. The topological polar surface area (TPSA) is 108 Å². The third-order valence-corrected chi connectivity index (χ3v) is 13.3. The fraction of sp³-hybridized carbons (Fsp3) is 0.750. The van der Waals surface area contributed by atoms with E-state index in [-0.39, 0.29) is 19.1 Å². The van der Waals surface area contributed by atoms with E-state index in [2.05, 4.69) is 92.1 Å². The first-order chi connectivity index (χ1) is 33.5. The number of nitrogens with zero attached hydrogens (tertiary/aromatic N) is 1. The van der Waals surface area contributed by atoms with Crippen molar-refractivity contribution in [2.45, 2.75) is 251 Å². The number of phosphoric ester groups is 1. The third kappa shape index (κ3) is 53.3. The Hall–Kier alpha value is -2.32. The van der Waals surface area contributed by atoms with E-state index in [4.69, 9.17) is 9.05 Å². The van der Waals surface area contributed by atoms with Crippen LogP contribution in [0.1, 0.15) is 239 Å². The van der Waals surface area contributed by atoms with Gasteiger partial charge in [0.05, 0.1) is 39.9 Å². The van der Waals surface area contributed by atoms with Gasteiger partial charge in [0.2, 0.25) is 5.91 Å². The number of nitrogens with one attached hydrogen (secondary N) is 1. The summed E-state index contributed by atoms with van der Waals surface area (Å²) in [5, 5.41) is 13.8. The summed E-state index contributed by atoms with van der Waals surface area (Å²) in [6.45, 7) is 4.53. The molecule has 400 valence electrons. The molecule has 0 fully saturated rings. The maximum absolute atomic E-state index is 12.9. The molecule has 0 radical (unpaired) electrons. The quantitative estimate of drug-likeness (QED) is 0.0272. The van der Waals surface area contributed by atoms with Gasteiger partial charge in [0.25, 0.3) is 7.82 Å². The monoisotopic (exact) mass is 985 g/mol. The van der Waals surface area contributed by atoms with E-state index in [1.165, 1.54) is 141 Å². The van der Waals surface area contributed by atoms with E-state index in [0.29, 0.717) is 17.4 Å². The van der Waals surface area contributed by atoms with E-state index in [1.807, 2.05) is 27.2 Å². The van der Waals surface area contributed by atoms with Crippen molar-refractivity contribution < 1.29 is 32.9 Å². The Morgan fingerprint density at radius 2 is 0.884 bits per heavy atom. The standard InChI is InChI=1S/C60H109N2O6P/c1-6-8-10-12-14-16-18-20-22-23-24-25-26-27-28-29-30-31-32-33-34-35-36-37-38-39-40-42-44-46-48-50-52-54-60(64)61-58(57-68-69(65,66)67-56-55-62(3,4)5)59(63)53-51-49-47-45-43-41-21-19-17-15-13-11-9-7-2/h8,10,14,16,20,22,24-25,27-28,30-31,51,53,58-59,63H,6-7,9,11-13,15,17-19,21,23,26,29,32-50,52,54-57H2,1-5H3,(H-,61,64,65,66)/b10-8-,16-14-,22-20-,25-24-,28-27-,31-30-,53-51+. The summed E-state index contributed by atoms with van der Waals surface area (Å²) >= 11 is 0. The van der Waals surface area contributed by atoms with Gasteiger partial charge in [-0.05, 0) is 70.6 Å². The third-order valence-electron chi connectivity index (χ3n) is 12.4. The number of hydrogen-bond donors (Lipinski definition) is 2. The highest BCUT2D eigenvalue weighted by molar-refractivity contribution is 7.45. The summed E-state index contributed by atoms with van der Waals surface area (Å²) in [4.78, 5) is 25.5. The summed E-state index contributed by atoms with van der Waals surface area (Å²) < 4.78 is 23.3. The molecule has 0 rings (SSSR count). The first kappa shape index (κ1) is 66.7. The normalized spacial score (nSPS) is 14.6. The maximum Gasteiger partial charge on any atom is 0.268 e. The van der Waals surface area contributed by atoms with Crippen molar-refractivity contribution in [3.63, 3.8) is 0 Å². The Morgan fingerprint density at radius 3 is 1.29 bits per heavy atom. The number of phosphoric acid groups is 1. The van der Waals surface area contributed by atoms with Gasteiger partial charge in [0.1, 0.15) is 13.2 Å². The molecular formula is C60H109N2O6P. The number of hydrogen-bond acceptors (Lipinski definition) is 6. The lowest BCUT2D eigenvalue weighted by molar-refractivity contribution is -0.870. The molecule has 8 nitrogen and oxygen atoms in total. The molecule has 2 N–H and O–H groups in total. The van der Waals surface area contributed by atoms with Crippen LogP contribution in [0.3, 0.4) is 0 Å². The summed E-state index contributed by atoms with van der Waals surface area (Å²) in [5.74, 6) is -0.200. The van der Waals surface area contributed by atoms with Crippen molar-refractivity contribution in [3.05, 3.63) is 85.1 Å². The van der Waals surface area contributed by atoms with Crippen LogP contribution >= 0.6 is 7.82 Å². The number of unbranched alkanes of at least 4 members (excludes halogenated alkanes) is 26. The number of quaternary nitrogens is 1. The van der Waals surface area contributed by atoms with Crippen LogP contribution in [0.25, 0.3) is 0 Å². The minimum Gasteiger partial charge on any atom is -0.756 e. The predicted octanol–water partition coefficient (Wildman–Crippen LogP) is 16.6. The van der Waals surface area contributed by atoms with Gasteiger partial charge in [-0.2, -0.15) is 0 Å². The highest BCUT2D eigenvalue weighted by Gasteiger charge is 2.23. The highest BCUT2D eigenvalue weighted by atomic mass is 31.2. The van der Waals surface area contributed by atoms with Crippen LogP contribution in [-0.4, -0.2) is 68.5 Å². The molecule has 0 heterocycles. The lowest BCUT2D eigenvalue weighted by atomic mass is 10.0. The molecule has 0 aromatic carbocycles. The van der Waals surface area contributed by atoms with Crippen LogP contribution in [0, 0.1) is 0 Å². The average molecular weight is 986 g/mol. The van der Waals surface area contributed by atoms with E-state index >= 15 is 0 Å². The summed E-state index contributed by atoms with van der Waals surface area (Å²) in [5.41, 5.74) is 0. The minimum atomic E-state index is -4.60. The molecule has 0 aliphatic rings. The number of likely N-dealkylation sites (N-methyl/N-ethyl adjacent to an activating group) is 1. The van der Waals surface area contributed by atoms with Gasteiger partial charge in [0.15, 0.2) is 0 Å². The number of rotatable bonds is 51. The Bertz CT molecular complexity index is 1400. The number of carbonyl (C=O) groups is 1. The van der Waals surface area contributed by atoms with E-state index in [1.54, 1.807) is 6.08 Å². The van der Waals surface area contributed by atoms with Crippen molar-refractivity contribution in [1.29, 1.82) is 0 Å². The van der Waals surface area contributed by atoms with Gasteiger partial charge in [-0.25, -0.2) is 0 Å². The number of allylic oxidation sites excluding steroid dienone is 13. The predicted molar refractivity (Wildman–Crippen MR) is 297 cm³/mol. The average Bonchev–Trinajstić information content (AvgIpc) is 3.31. The van der Waals surface area contributed by atoms with Crippen LogP contribution < -0.4 is 10.2 Å². The fourth-order valence-corrected chi connectivity index (χ4v) is 8.64. The van der Waals surface area contributed by atoms with Gasteiger partial charge in [-0.15, -0.1) is 0 Å². The smallest absolute Gasteiger partial charge is 0.268 e. The Balaban J connectivity index is 4.10. The molecule has 9 heteroatoms. The van der Waals surface area contributed by atoms with Gasteiger partial charge in [-0.1, -0.05) is 247 Å². The second-order valence-corrected chi connectivity index (χ2v) is 21.7. The van der Waals surface area contributed by atoms with Crippen molar-refractivity contribution in [3.8, 4) is 0 Å². The van der Waals surface area contributed by atoms with Gasteiger partial charge >= 0.3 is 0 Å². The largest absolute Gasteiger partial charge is 0.756 e. The molecule has 0 saturated carbocycles. The first-order valence-electron chi connectivity index (χ1n) is 28.4. The lowest BCUT2D eigenvalue weighted by Gasteiger charge is -2.29. The molecule has 69 heavy (non-hydrogen) atoms. The maximum atomic E-state index is 12.9. The van der Waals surface area contributed by atoms with Gasteiger partial charge < -0.3 is 28.8 Å². The van der Waals surface area contributed by atoms with Crippen molar-refractivity contribution >= 4 is 13.7 Å². The molecule has 3 atom stereocenters. The lowest BCUT2D eigenvalue weighted by Crippen LogP contribution is -2.45.